The van der Waals surface area contributed by atoms with Gasteiger partial charge in [-0.25, -0.2) is 14.8 Å². The molecule has 2 N–H and O–H groups in total. The van der Waals surface area contributed by atoms with E-state index in [0.717, 1.165) is 74.0 Å². The smallest absolute Gasteiger partial charge is 0.373 e. The van der Waals surface area contributed by atoms with Gasteiger partial charge in [0.2, 0.25) is 0 Å². The Kier molecular flexibility index (Phi) is 10.4. The van der Waals surface area contributed by atoms with Gasteiger partial charge in [0.15, 0.2) is 5.82 Å². The molecule has 0 saturated carbocycles. The number of nitrogens with zero attached hydrogens (tertiary/aromatic N) is 5. The fraction of sp³-hybridized carbons (Fsp3) is 0.400. The van der Waals surface area contributed by atoms with Gasteiger partial charge < -0.3 is 30.1 Å². The van der Waals surface area contributed by atoms with Gasteiger partial charge in [-0.2, -0.15) is 9.59 Å². The minimum atomic E-state index is -0.278. The van der Waals surface area contributed by atoms with Gasteiger partial charge in [-0.1, -0.05) is 6.92 Å². The molecule has 0 spiro atoms. The van der Waals surface area contributed by atoms with Crippen molar-refractivity contribution in [1.82, 2.24) is 14.9 Å². The Balaban J connectivity index is 0.00000124. The fourth-order valence-electron chi connectivity index (χ4n) is 4.92. The van der Waals surface area contributed by atoms with E-state index in [4.69, 9.17) is 24.3 Å². The molecule has 2 aliphatic rings. The second kappa shape index (κ2) is 14.4. The molecule has 0 atom stereocenters. The molecule has 0 bridgehead atoms. The Labute approximate surface area is 240 Å². The number of urea groups is 1. The van der Waals surface area contributed by atoms with Crippen LogP contribution in [-0.2, 0) is 20.7 Å². The highest BCUT2D eigenvalue weighted by Gasteiger charge is 2.19. The van der Waals surface area contributed by atoms with Crippen LogP contribution in [0.15, 0.2) is 48.5 Å². The summed E-state index contributed by atoms with van der Waals surface area (Å²) >= 11 is 0. The number of carbonyl (C=O) groups excluding carboxylic acids is 3. The molecule has 0 radical (unpaired) electrons. The van der Waals surface area contributed by atoms with E-state index in [1.54, 1.807) is 0 Å². The quantitative estimate of drug-likeness (QED) is 0.466. The number of likely N-dealkylation sites (N-methyl/N-ethyl adjacent to an activating group) is 1. The van der Waals surface area contributed by atoms with Gasteiger partial charge in [0, 0.05) is 73.2 Å². The molecule has 0 aliphatic carbocycles. The van der Waals surface area contributed by atoms with Crippen LogP contribution in [0, 0.1) is 6.92 Å². The molecule has 11 nitrogen and oxygen atoms in total. The highest BCUT2D eigenvalue weighted by Crippen LogP contribution is 2.27. The molecule has 2 saturated heterocycles. The summed E-state index contributed by atoms with van der Waals surface area (Å²) in [5.74, 6) is 1.68. The van der Waals surface area contributed by atoms with Gasteiger partial charge in [0.05, 0.1) is 13.2 Å². The molecule has 2 aromatic carbocycles. The van der Waals surface area contributed by atoms with Gasteiger partial charge in [0.1, 0.15) is 5.82 Å². The van der Waals surface area contributed by atoms with Crippen LogP contribution in [0.2, 0.25) is 0 Å². The van der Waals surface area contributed by atoms with E-state index in [0.29, 0.717) is 24.7 Å². The predicted octanol–water partition coefficient (Wildman–Crippen LogP) is 3.66. The van der Waals surface area contributed by atoms with E-state index < -0.39 is 0 Å². The van der Waals surface area contributed by atoms with Crippen molar-refractivity contribution < 1.29 is 19.1 Å². The Hall–Kier alpha value is -4.31. The molecule has 5 rings (SSSR count). The van der Waals surface area contributed by atoms with Crippen molar-refractivity contribution in [2.24, 2.45) is 0 Å². The number of benzene rings is 2. The minimum absolute atomic E-state index is 0.250. The average Bonchev–Trinajstić information content (AvgIpc) is 2.99. The van der Waals surface area contributed by atoms with Crippen molar-refractivity contribution in [3.63, 3.8) is 0 Å². The number of amides is 2. The molecule has 2 aliphatic heterocycles. The highest BCUT2D eigenvalue weighted by atomic mass is 16.5. The Morgan fingerprint density at radius 2 is 1.41 bits per heavy atom. The van der Waals surface area contributed by atoms with Crippen LogP contribution in [0.25, 0.3) is 11.4 Å². The number of hydrogen-bond acceptors (Lipinski definition) is 9. The van der Waals surface area contributed by atoms with Crippen LogP contribution in [-0.4, -0.2) is 86.6 Å². The molecule has 216 valence electrons. The second-order valence-electron chi connectivity index (χ2n) is 9.97. The standard InChI is InChI=1S/C29H37N7O2.CO2/c1-4-26-21(2)28(36-17-19-38-20-18-36)33-27(32-26)22-5-7-23(8-6-22)30-29(37)31-24-9-11-25(12-10-24)35-15-13-34(3)14-16-35;2-1-3/h5-12H,4,13-20H2,1-3H3,(H2,30,31,37);. The summed E-state index contributed by atoms with van der Waals surface area (Å²) in [6.07, 6.45) is 1.09. The van der Waals surface area contributed by atoms with Crippen molar-refractivity contribution in [3.05, 3.63) is 59.8 Å². The van der Waals surface area contributed by atoms with Crippen molar-refractivity contribution >= 4 is 35.1 Å². The first kappa shape index (κ1) is 29.7. The Bertz CT molecular complexity index is 1330. The number of rotatable bonds is 6. The first-order chi connectivity index (χ1) is 19.9. The lowest BCUT2D eigenvalue weighted by Crippen LogP contribution is -2.44. The maximum Gasteiger partial charge on any atom is 0.373 e. The number of carbonyl (C=O) groups is 1. The number of ether oxygens (including phenoxy) is 1. The number of anilines is 4. The number of morpholine rings is 1. The first-order valence-electron chi connectivity index (χ1n) is 13.8. The third kappa shape index (κ3) is 7.88. The molecule has 2 amide bonds. The molecule has 1 aromatic heterocycles. The second-order valence-corrected chi connectivity index (χ2v) is 9.97. The van der Waals surface area contributed by atoms with Gasteiger partial charge >= 0.3 is 12.2 Å². The molecule has 11 heteroatoms. The van der Waals surface area contributed by atoms with Crippen molar-refractivity contribution in [3.8, 4) is 11.4 Å². The van der Waals surface area contributed by atoms with Crippen LogP contribution >= 0.6 is 0 Å². The van der Waals surface area contributed by atoms with Gasteiger partial charge in [-0.3, -0.25) is 0 Å². The van der Waals surface area contributed by atoms with Crippen molar-refractivity contribution in [1.29, 1.82) is 0 Å². The molecule has 3 heterocycles. The monoisotopic (exact) mass is 559 g/mol. The molecule has 0 unspecified atom stereocenters. The lowest BCUT2D eigenvalue weighted by molar-refractivity contribution is -0.191. The van der Waals surface area contributed by atoms with Gasteiger partial charge in [0.25, 0.3) is 0 Å². The predicted molar refractivity (Wildman–Crippen MR) is 158 cm³/mol. The third-order valence-corrected chi connectivity index (χ3v) is 7.26. The fourth-order valence-corrected chi connectivity index (χ4v) is 4.92. The van der Waals surface area contributed by atoms with Crippen LogP contribution in [0.3, 0.4) is 0 Å². The van der Waals surface area contributed by atoms with Crippen LogP contribution in [0.5, 0.6) is 0 Å². The number of piperazine rings is 1. The summed E-state index contributed by atoms with van der Waals surface area (Å²) in [6.45, 7) is 11.5. The average molecular weight is 560 g/mol. The summed E-state index contributed by atoms with van der Waals surface area (Å²) < 4.78 is 5.52. The van der Waals surface area contributed by atoms with E-state index in [1.165, 1.54) is 5.69 Å². The van der Waals surface area contributed by atoms with Gasteiger partial charge in [-0.15, -0.1) is 0 Å². The zero-order valence-corrected chi connectivity index (χ0v) is 23.9. The van der Waals surface area contributed by atoms with Crippen LogP contribution in [0.4, 0.5) is 27.7 Å². The van der Waals surface area contributed by atoms with Crippen molar-refractivity contribution in [2.45, 2.75) is 20.3 Å². The SMILES string of the molecule is CCc1nc(-c2ccc(NC(=O)Nc3ccc(N4CCN(C)CC4)cc3)cc2)nc(N2CCOCC2)c1C.O=C=O. The molecule has 2 fully saturated rings. The van der Waals surface area contributed by atoms with Crippen molar-refractivity contribution in [2.75, 3.05) is 80.0 Å². The zero-order chi connectivity index (χ0) is 29.2. The normalized spacial score (nSPS) is 15.4. The lowest BCUT2D eigenvalue weighted by atomic mass is 10.1. The largest absolute Gasteiger partial charge is 0.378 e. The summed E-state index contributed by atoms with van der Waals surface area (Å²) in [7, 11) is 2.15. The van der Waals surface area contributed by atoms with Crippen LogP contribution in [0.1, 0.15) is 18.2 Å². The molecular formula is C30H37N7O4. The van der Waals surface area contributed by atoms with Gasteiger partial charge in [-0.05, 0) is 68.9 Å². The summed E-state index contributed by atoms with van der Waals surface area (Å²) in [5, 5.41) is 5.84. The summed E-state index contributed by atoms with van der Waals surface area (Å²) in [5.41, 5.74) is 5.74. The maximum atomic E-state index is 12.6. The van der Waals surface area contributed by atoms with E-state index in [1.807, 2.05) is 36.4 Å². The first-order valence-corrected chi connectivity index (χ1v) is 13.8. The number of aryl methyl sites for hydroxylation is 1. The number of aromatic nitrogens is 2. The Morgan fingerprint density at radius 3 is 1.98 bits per heavy atom. The number of nitrogens with one attached hydrogen (secondary N) is 2. The maximum absolute atomic E-state index is 12.6. The third-order valence-electron chi connectivity index (χ3n) is 7.26. The highest BCUT2D eigenvalue weighted by molar-refractivity contribution is 5.99. The molecular weight excluding hydrogens is 522 g/mol. The van der Waals surface area contributed by atoms with Crippen LogP contribution < -0.4 is 20.4 Å². The summed E-state index contributed by atoms with van der Waals surface area (Å²) in [4.78, 5) is 45.6. The Morgan fingerprint density at radius 1 is 0.854 bits per heavy atom. The molecule has 3 aromatic rings. The molecule has 41 heavy (non-hydrogen) atoms. The van der Waals surface area contributed by atoms with E-state index in [9.17, 15) is 4.79 Å². The van der Waals surface area contributed by atoms with E-state index in [-0.39, 0.29) is 12.2 Å². The topological polar surface area (TPSA) is 120 Å². The van der Waals surface area contributed by atoms with E-state index in [2.05, 4.69) is 58.4 Å². The van der Waals surface area contributed by atoms with E-state index >= 15 is 0 Å². The summed E-state index contributed by atoms with van der Waals surface area (Å²) in [6, 6.07) is 15.4. The zero-order valence-electron chi connectivity index (χ0n) is 23.9. The number of hydrogen-bond donors (Lipinski definition) is 2. The minimum Gasteiger partial charge on any atom is -0.378 e. The lowest BCUT2D eigenvalue weighted by Gasteiger charge is -2.34.